The lowest BCUT2D eigenvalue weighted by Crippen LogP contribution is -2.06. The fourth-order valence-corrected chi connectivity index (χ4v) is 1.97. The van der Waals surface area contributed by atoms with Crippen molar-refractivity contribution in [3.63, 3.8) is 0 Å². The molecule has 11 heavy (non-hydrogen) atoms. The Bertz CT molecular complexity index is 83.6. The Morgan fingerprint density at radius 3 is 2.27 bits per heavy atom. The van der Waals surface area contributed by atoms with Crippen LogP contribution in [0.4, 0.5) is 0 Å². The summed E-state index contributed by atoms with van der Waals surface area (Å²) in [7, 11) is 0. The number of halogens is 1. The second-order valence-electron chi connectivity index (χ2n) is 3.22. The summed E-state index contributed by atoms with van der Waals surface area (Å²) in [4.78, 5) is 0. The monoisotopic (exact) mass is 194 g/mol. The van der Waals surface area contributed by atoms with E-state index in [1.165, 1.54) is 18.6 Å². The van der Waals surface area contributed by atoms with Gasteiger partial charge in [-0.05, 0) is 24.5 Å². The van der Waals surface area contributed by atoms with Crippen molar-refractivity contribution < 1.29 is 0 Å². The minimum Gasteiger partial charge on any atom is -0.159 e. The number of hydrogen-bond donors (Lipinski definition) is 0. The first kappa shape index (κ1) is 11.6. The molecule has 0 aromatic carbocycles. The Kier molecular flexibility index (Phi) is 7.72. The molecule has 0 N–H and O–H groups in total. The molecule has 1 atom stereocenters. The Balaban J connectivity index is 3.10. The van der Waals surface area contributed by atoms with Crippen molar-refractivity contribution in [1.29, 1.82) is 0 Å². The summed E-state index contributed by atoms with van der Waals surface area (Å²) in [6, 6.07) is 0. The molecule has 0 fully saturated rings. The first-order valence-corrected chi connectivity index (χ1v) is 5.94. The minimum atomic E-state index is 0.797. The first-order valence-electron chi connectivity index (χ1n) is 4.36. The molecule has 0 aromatic rings. The normalized spacial score (nSPS) is 13.9. The molecule has 0 spiro atoms. The summed E-state index contributed by atoms with van der Waals surface area (Å²) in [5.41, 5.74) is 0. The van der Waals surface area contributed by atoms with Crippen molar-refractivity contribution in [1.82, 2.24) is 0 Å². The van der Waals surface area contributed by atoms with Crippen LogP contribution in [-0.4, -0.2) is 16.9 Å². The molecular weight excluding hydrogens is 176 g/mol. The highest BCUT2D eigenvalue weighted by Crippen LogP contribution is 2.19. The summed E-state index contributed by atoms with van der Waals surface area (Å²) in [5, 5.41) is 0.797. The molecule has 2 heteroatoms. The van der Waals surface area contributed by atoms with Crippen LogP contribution >= 0.6 is 23.4 Å². The van der Waals surface area contributed by atoms with Gasteiger partial charge in [-0.2, -0.15) is 11.8 Å². The van der Waals surface area contributed by atoms with Crippen LogP contribution in [-0.2, 0) is 0 Å². The third-order valence-corrected chi connectivity index (χ3v) is 3.71. The fourth-order valence-electron chi connectivity index (χ4n) is 0.658. The maximum absolute atomic E-state index is 5.57. The zero-order valence-electron chi connectivity index (χ0n) is 7.77. The van der Waals surface area contributed by atoms with Crippen LogP contribution in [0.2, 0.25) is 0 Å². The molecule has 0 bridgehead atoms. The van der Waals surface area contributed by atoms with E-state index in [1.807, 2.05) is 0 Å². The largest absolute Gasteiger partial charge is 0.159 e. The van der Waals surface area contributed by atoms with Crippen molar-refractivity contribution in [2.24, 2.45) is 5.92 Å². The van der Waals surface area contributed by atoms with E-state index in [2.05, 4.69) is 32.5 Å². The van der Waals surface area contributed by atoms with E-state index in [4.69, 9.17) is 11.6 Å². The molecule has 68 valence electrons. The smallest absolute Gasteiger partial charge is 0.0223 e. The lowest BCUT2D eigenvalue weighted by molar-refractivity contribution is 0.641. The molecule has 0 saturated heterocycles. The van der Waals surface area contributed by atoms with E-state index in [-0.39, 0.29) is 0 Å². The maximum atomic E-state index is 5.57. The molecule has 0 aliphatic heterocycles. The van der Waals surface area contributed by atoms with Crippen molar-refractivity contribution in [3.05, 3.63) is 0 Å². The molecule has 0 amide bonds. The Morgan fingerprint density at radius 1 is 1.18 bits per heavy atom. The van der Waals surface area contributed by atoms with Gasteiger partial charge in [0.05, 0.1) is 0 Å². The highest BCUT2D eigenvalue weighted by molar-refractivity contribution is 7.99. The lowest BCUT2D eigenvalue weighted by Gasteiger charge is -2.14. The molecule has 0 aliphatic carbocycles. The molecule has 0 aromatic heterocycles. The molecule has 0 rings (SSSR count). The van der Waals surface area contributed by atoms with Gasteiger partial charge in [0, 0.05) is 11.1 Å². The minimum absolute atomic E-state index is 0.797. The van der Waals surface area contributed by atoms with Crippen LogP contribution in [0.15, 0.2) is 0 Å². The van der Waals surface area contributed by atoms with Crippen molar-refractivity contribution in [2.45, 2.75) is 38.9 Å². The number of unbranched alkanes of at least 4 members (excludes halogenated alkanes) is 1. The van der Waals surface area contributed by atoms with Crippen molar-refractivity contribution >= 4 is 23.4 Å². The van der Waals surface area contributed by atoms with Crippen LogP contribution in [0, 0.1) is 5.92 Å². The number of hydrogen-bond acceptors (Lipinski definition) is 1. The second-order valence-corrected chi connectivity index (χ2v) is 5.08. The Morgan fingerprint density at radius 2 is 1.82 bits per heavy atom. The van der Waals surface area contributed by atoms with Gasteiger partial charge < -0.3 is 0 Å². The van der Waals surface area contributed by atoms with Gasteiger partial charge in [0.1, 0.15) is 0 Å². The van der Waals surface area contributed by atoms with Crippen molar-refractivity contribution in [3.8, 4) is 0 Å². The molecular formula is C9H19ClS. The quantitative estimate of drug-likeness (QED) is 0.458. The van der Waals surface area contributed by atoms with Gasteiger partial charge in [-0.1, -0.05) is 20.8 Å². The van der Waals surface area contributed by atoms with E-state index in [1.54, 1.807) is 0 Å². The van der Waals surface area contributed by atoms with Gasteiger partial charge in [0.2, 0.25) is 0 Å². The van der Waals surface area contributed by atoms with Gasteiger partial charge in [-0.15, -0.1) is 11.6 Å². The highest BCUT2D eigenvalue weighted by atomic mass is 35.5. The van der Waals surface area contributed by atoms with E-state index in [0.29, 0.717) is 0 Å². The third-order valence-electron chi connectivity index (χ3n) is 1.85. The van der Waals surface area contributed by atoms with Gasteiger partial charge in [-0.3, -0.25) is 0 Å². The third kappa shape index (κ3) is 7.02. The molecule has 1 unspecified atom stereocenters. The molecule has 0 nitrogen and oxygen atoms in total. The van der Waals surface area contributed by atoms with E-state index < -0.39 is 0 Å². The molecule has 0 saturated carbocycles. The summed E-state index contributed by atoms with van der Waals surface area (Å²) >= 11 is 7.64. The number of thioether (sulfide) groups is 1. The van der Waals surface area contributed by atoms with Gasteiger partial charge in [0.15, 0.2) is 0 Å². The van der Waals surface area contributed by atoms with Crippen LogP contribution in [0.25, 0.3) is 0 Å². The predicted octanol–water partition coefficient (Wildman–Crippen LogP) is 3.78. The van der Waals surface area contributed by atoms with Crippen LogP contribution in [0.3, 0.4) is 0 Å². The van der Waals surface area contributed by atoms with E-state index >= 15 is 0 Å². The topological polar surface area (TPSA) is 0 Å². The molecule has 0 aliphatic rings. The number of rotatable bonds is 6. The van der Waals surface area contributed by atoms with Crippen LogP contribution < -0.4 is 0 Å². The standard InChI is InChI=1S/C9H19ClS/c1-8(2)9(3)11-7-5-4-6-10/h8-9H,4-7H2,1-3H3. The molecule has 0 radical (unpaired) electrons. The Hall–Kier alpha value is 0.640. The van der Waals surface area contributed by atoms with Gasteiger partial charge in [-0.25, -0.2) is 0 Å². The van der Waals surface area contributed by atoms with Crippen LogP contribution in [0.5, 0.6) is 0 Å². The Labute approximate surface area is 80.1 Å². The summed E-state index contributed by atoms with van der Waals surface area (Å²) in [6.07, 6.45) is 2.44. The van der Waals surface area contributed by atoms with Crippen LogP contribution in [0.1, 0.15) is 33.6 Å². The van der Waals surface area contributed by atoms with Gasteiger partial charge >= 0.3 is 0 Å². The zero-order chi connectivity index (χ0) is 8.69. The van der Waals surface area contributed by atoms with Gasteiger partial charge in [0.25, 0.3) is 0 Å². The number of alkyl halides is 1. The maximum Gasteiger partial charge on any atom is 0.0223 e. The fraction of sp³-hybridized carbons (Fsp3) is 1.00. The highest BCUT2D eigenvalue weighted by Gasteiger charge is 2.05. The lowest BCUT2D eigenvalue weighted by atomic mass is 10.2. The summed E-state index contributed by atoms with van der Waals surface area (Å²) in [5.74, 6) is 2.89. The zero-order valence-corrected chi connectivity index (χ0v) is 9.34. The average molecular weight is 195 g/mol. The average Bonchev–Trinajstić information content (AvgIpc) is 1.97. The molecule has 0 heterocycles. The van der Waals surface area contributed by atoms with E-state index in [9.17, 15) is 0 Å². The summed E-state index contributed by atoms with van der Waals surface area (Å²) in [6.45, 7) is 6.86. The summed E-state index contributed by atoms with van der Waals surface area (Å²) < 4.78 is 0. The first-order chi connectivity index (χ1) is 5.18. The van der Waals surface area contributed by atoms with E-state index in [0.717, 1.165) is 17.0 Å². The second kappa shape index (κ2) is 7.30. The van der Waals surface area contributed by atoms with Crippen molar-refractivity contribution in [2.75, 3.05) is 11.6 Å². The predicted molar refractivity (Wildman–Crippen MR) is 56.7 cm³/mol. The SMILES string of the molecule is CC(C)C(C)SCCCCCl.